The maximum Gasteiger partial charge on any atom is 0.317 e. The van der Waals surface area contributed by atoms with E-state index in [1.165, 1.54) is 19.3 Å². The van der Waals surface area contributed by atoms with Crippen LogP contribution in [0, 0.1) is 13.8 Å². The fourth-order valence-corrected chi connectivity index (χ4v) is 3.22. The lowest BCUT2D eigenvalue weighted by Gasteiger charge is -2.31. The van der Waals surface area contributed by atoms with Crippen molar-refractivity contribution in [3.8, 4) is 0 Å². The van der Waals surface area contributed by atoms with Gasteiger partial charge in [0, 0.05) is 37.4 Å². The maximum absolute atomic E-state index is 12.3. The molecule has 5 heteroatoms. The van der Waals surface area contributed by atoms with Crippen LogP contribution in [-0.2, 0) is 13.1 Å². The first-order valence-corrected chi connectivity index (χ1v) is 8.08. The molecule has 0 bridgehead atoms. The first-order chi connectivity index (χ1) is 10.0. The van der Waals surface area contributed by atoms with Crippen LogP contribution in [0.1, 0.15) is 56.0 Å². The second kappa shape index (κ2) is 6.96. The van der Waals surface area contributed by atoms with Crippen LogP contribution in [0.25, 0.3) is 0 Å². The van der Waals surface area contributed by atoms with Gasteiger partial charge in [0.1, 0.15) is 0 Å². The van der Waals surface area contributed by atoms with Gasteiger partial charge in [-0.2, -0.15) is 5.10 Å². The SMILES string of the molecule is CCn1nc(C)c(CNC(=O)N(C)C2CCCCC2)c1C. The van der Waals surface area contributed by atoms with Crippen molar-refractivity contribution in [2.75, 3.05) is 7.05 Å². The molecule has 0 aromatic carbocycles. The Kier molecular flexibility index (Phi) is 5.26. The monoisotopic (exact) mass is 292 g/mol. The molecule has 1 heterocycles. The number of carbonyl (C=O) groups is 1. The van der Waals surface area contributed by atoms with Crippen LogP contribution in [0.15, 0.2) is 0 Å². The molecule has 1 N–H and O–H groups in total. The zero-order chi connectivity index (χ0) is 15.4. The smallest absolute Gasteiger partial charge is 0.317 e. The van der Waals surface area contributed by atoms with Gasteiger partial charge in [-0.05, 0) is 33.6 Å². The summed E-state index contributed by atoms with van der Waals surface area (Å²) in [4.78, 5) is 14.2. The third-order valence-corrected chi connectivity index (χ3v) is 4.69. The molecule has 1 aliphatic carbocycles. The molecule has 0 unspecified atom stereocenters. The highest BCUT2D eigenvalue weighted by Gasteiger charge is 2.22. The van der Waals surface area contributed by atoms with Crippen LogP contribution in [-0.4, -0.2) is 33.8 Å². The van der Waals surface area contributed by atoms with Crippen LogP contribution in [0.4, 0.5) is 4.79 Å². The van der Waals surface area contributed by atoms with Gasteiger partial charge in [-0.3, -0.25) is 4.68 Å². The quantitative estimate of drug-likeness (QED) is 0.927. The Morgan fingerprint density at radius 3 is 2.57 bits per heavy atom. The van der Waals surface area contributed by atoms with Crippen molar-refractivity contribution in [2.45, 2.75) is 72.0 Å². The van der Waals surface area contributed by atoms with Crippen molar-refractivity contribution in [3.05, 3.63) is 17.0 Å². The number of nitrogens with one attached hydrogen (secondary N) is 1. The van der Waals surface area contributed by atoms with Gasteiger partial charge in [0.15, 0.2) is 0 Å². The minimum Gasteiger partial charge on any atom is -0.334 e. The van der Waals surface area contributed by atoms with Gasteiger partial charge in [0.25, 0.3) is 0 Å². The summed E-state index contributed by atoms with van der Waals surface area (Å²) in [5.41, 5.74) is 3.30. The van der Waals surface area contributed by atoms with Gasteiger partial charge < -0.3 is 10.2 Å². The van der Waals surface area contributed by atoms with Crippen LogP contribution in [0.2, 0.25) is 0 Å². The van der Waals surface area contributed by atoms with Crippen LogP contribution < -0.4 is 5.32 Å². The molecule has 1 aromatic rings. The molecule has 1 aromatic heterocycles. The third kappa shape index (κ3) is 3.57. The third-order valence-electron chi connectivity index (χ3n) is 4.69. The molecule has 21 heavy (non-hydrogen) atoms. The largest absolute Gasteiger partial charge is 0.334 e. The van der Waals surface area contributed by atoms with Gasteiger partial charge in [-0.1, -0.05) is 19.3 Å². The lowest BCUT2D eigenvalue weighted by atomic mass is 9.95. The van der Waals surface area contributed by atoms with Crippen LogP contribution in [0.3, 0.4) is 0 Å². The van der Waals surface area contributed by atoms with Crippen molar-refractivity contribution in [1.29, 1.82) is 0 Å². The van der Waals surface area contributed by atoms with Crippen molar-refractivity contribution < 1.29 is 4.79 Å². The highest BCUT2D eigenvalue weighted by Crippen LogP contribution is 2.21. The Morgan fingerprint density at radius 1 is 1.33 bits per heavy atom. The predicted molar refractivity (Wildman–Crippen MR) is 84.2 cm³/mol. The molecule has 0 saturated heterocycles. The van der Waals surface area contributed by atoms with E-state index in [1.807, 2.05) is 23.6 Å². The molecule has 0 atom stereocenters. The molecule has 2 amide bonds. The molecule has 0 radical (unpaired) electrons. The molecule has 5 nitrogen and oxygen atoms in total. The molecule has 1 fully saturated rings. The number of urea groups is 1. The zero-order valence-corrected chi connectivity index (χ0v) is 13.8. The zero-order valence-electron chi connectivity index (χ0n) is 13.8. The molecule has 0 spiro atoms. The first kappa shape index (κ1) is 15.9. The van der Waals surface area contributed by atoms with Crippen molar-refractivity contribution >= 4 is 6.03 Å². The van der Waals surface area contributed by atoms with E-state index in [0.29, 0.717) is 12.6 Å². The number of amides is 2. The molecule has 1 aliphatic rings. The van der Waals surface area contributed by atoms with E-state index < -0.39 is 0 Å². The molecule has 2 rings (SSSR count). The summed E-state index contributed by atoms with van der Waals surface area (Å²) in [7, 11) is 1.92. The van der Waals surface area contributed by atoms with E-state index in [-0.39, 0.29) is 6.03 Å². The summed E-state index contributed by atoms with van der Waals surface area (Å²) >= 11 is 0. The van der Waals surface area contributed by atoms with E-state index in [9.17, 15) is 4.79 Å². The Labute approximate surface area is 127 Å². The van der Waals surface area contributed by atoms with Gasteiger partial charge in [0.2, 0.25) is 0 Å². The highest BCUT2D eigenvalue weighted by molar-refractivity contribution is 5.74. The summed E-state index contributed by atoms with van der Waals surface area (Å²) in [6.45, 7) is 7.58. The summed E-state index contributed by atoms with van der Waals surface area (Å²) in [6.07, 6.45) is 6.06. The lowest BCUT2D eigenvalue weighted by Crippen LogP contribution is -2.44. The van der Waals surface area contributed by atoms with E-state index in [2.05, 4.69) is 24.3 Å². The Bertz CT molecular complexity index is 489. The number of nitrogens with zero attached hydrogens (tertiary/aromatic N) is 3. The van der Waals surface area contributed by atoms with Crippen LogP contribution in [0.5, 0.6) is 0 Å². The Balaban J connectivity index is 1.93. The molecular formula is C16H28N4O. The molecule has 118 valence electrons. The summed E-state index contributed by atoms with van der Waals surface area (Å²) in [5, 5.41) is 7.54. The second-order valence-corrected chi connectivity index (χ2v) is 6.03. The van der Waals surface area contributed by atoms with Gasteiger partial charge >= 0.3 is 6.03 Å². The molecule has 1 saturated carbocycles. The lowest BCUT2D eigenvalue weighted by molar-refractivity contribution is 0.173. The Hall–Kier alpha value is -1.52. The van der Waals surface area contributed by atoms with E-state index in [0.717, 1.165) is 36.3 Å². The summed E-state index contributed by atoms with van der Waals surface area (Å²) < 4.78 is 1.99. The number of carbonyl (C=O) groups excluding carboxylic acids is 1. The van der Waals surface area contributed by atoms with Crippen LogP contribution >= 0.6 is 0 Å². The van der Waals surface area contributed by atoms with Gasteiger partial charge in [0.05, 0.1) is 5.69 Å². The van der Waals surface area contributed by atoms with Crippen molar-refractivity contribution in [3.63, 3.8) is 0 Å². The average molecular weight is 292 g/mol. The van der Waals surface area contributed by atoms with E-state index in [1.54, 1.807) is 0 Å². The fraction of sp³-hybridized carbons (Fsp3) is 0.750. The second-order valence-electron chi connectivity index (χ2n) is 6.03. The average Bonchev–Trinajstić information content (AvgIpc) is 2.79. The number of rotatable bonds is 4. The minimum atomic E-state index is 0.0324. The first-order valence-electron chi connectivity index (χ1n) is 8.08. The van der Waals surface area contributed by atoms with E-state index in [4.69, 9.17) is 0 Å². The number of aryl methyl sites for hydroxylation is 2. The summed E-state index contributed by atoms with van der Waals surface area (Å²) in [5.74, 6) is 0. The maximum atomic E-state index is 12.3. The summed E-state index contributed by atoms with van der Waals surface area (Å²) in [6, 6.07) is 0.434. The van der Waals surface area contributed by atoms with E-state index >= 15 is 0 Å². The molecule has 0 aliphatic heterocycles. The van der Waals surface area contributed by atoms with Gasteiger partial charge in [-0.15, -0.1) is 0 Å². The van der Waals surface area contributed by atoms with Crippen molar-refractivity contribution in [2.24, 2.45) is 0 Å². The number of hydrogen-bond donors (Lipinski definition) is 1. The molecular weight excluding hydrogens is 264 g/mol. The van der Waals surface area contributed by atoms with Gasteiger partial charge in [-0.25, -0.2) is 4.79 Å². The minimum absolute atomic E-state index is 0.0324. The number of hydrogen-bond acceptors (Lipinski definition) is 2. The number of aromatic nitrogens is 2. The normalized spacial score (nSPS) is 16.0. The fourth-order valence-electron chi connectivity index (χ4n) is 3.22. The highest BCUT2D eigenvalue weighted by atomic mass is 16.2. The topological polar surface area (TPSA) is 50.2 Å². The van der Waals surface area contributed by atoms with Crippen molar-refractivity contribution in [1.82, 2.24) is 20.0 Å². The Morgan fingerprint density at radius 2 is 2.00 bits per heavy atom. The predicted octanol–water partition coefficient (Wildman–Crippen LogP) is 2.99. The standard InChI is InChI=1S/C16H28N4O/c1-5-20-13(3)15(12(2)18-20)11-17-16(21)19(4)14-9-7-6-8-10-14/h14H,5-11H2,1-4H3,(H,17,21).